The third kappa shape index (κ3) is 1.99. The van der Waals surface area contributed by atoms with Crippen molar-refractivity contribution in [3.63, 3.8) is 0 Å². The van der Waals surface area contributed by atoms with Crippen molar-refractivity contribution < 1.29 is 4.79 Å². The Balaban J connectivity index is 2.41. The molecule has 0 aromatic rings. The zero-order valence-electron chi connectivity index (χ0n) is 6.75. The van der Waals surface area contributed by atoms with E-state index in [0.717, 1.165) is 19.5 Å². The lowest BCUT2D eigenvalue weighted by molar-refractivity contribution is -0.124. The maximum Gasteiger partial charge on any atom is 0.245 e. The highest BCUT2D eigenvalue weighted by Crippen LogP contribution is 2.19. The van der Waals surface area contributed by atoms with Crippen LogP contribution in [0.25, 0.3) is 0 Å². The fourth-order valence-corrected chi connectivity index (χ4v) is 1.92. The van der Waals surface area contributed by atoms with E-state index in [9.17, 15) is 4.79 Å². The number of hydrogen-bond donors (Lipinski definition) is 0. The van der Waals surface area contributed by atoms with E-state index in [4.69, 9.17) is 0 Å². The predicted molar refractivity (Wildman–Crippen MR) is 48.7 cm³/mol. The van der Waals surface area contributed by atoms with Crippen molar-refractivity contribution in [2.75, 3.05) is 19.3 Å². The summed E-state index contributed by atoms with van der Waals surface area (Å²) >= 11 is 1.84. The monoisotopic (exact) mass is 171 g/mol. The van der Waals surface area contributed by atoms with Crippen LogP contribution in [0.4, 0.5) is 0 Å². The van der Waals surface area contributed by atoms with Crippen LogP contribution in [0, 0.1) is 0 Å². The van der Waals surface area contributed by atoms with Crippen molar-refractivity contribution in [3.8, 4) is 0 Å². The highest BCUT2D eigenvalue weighted by molar-refractivity contribution is 7.99. The summed E-state index contributed by atoms with van der Waals surface area (Å²) in [5.74, 6) is 0.0709. The molecule has 0 aromatic carbocycles. The lowest BCUT2D eigenvalue weighted by Crippen LogP contribution is -2.26. The van der Waals surface area contributed by atoms with Gasteiger partial charge >= 0.3 is 0 Å². The molecule has 1 rings (SSSR count). The molecule has 1 saturated heterocycles. The van der Waals surface area contributed by atoms with E-state index < -0.39 is 0 Å². The molecule has 1 amide bonds. The Morgan fingerprint density at radius 3 is 3.00 bits per heavy atom. The molecule has 1 aliphatic heterocycles. The van der Waals surface area contributed by atoms with Crippen LogP contribution in [-0.4, -0.2) is 35.4 Å². The Hall–Kier alpha value is -0.440. The van der Waals surface area contributed by atoms with Gasteiger partial charge in [-0.05, 0) is 18.8 Å². The van der Waals surface area contributed by atoms with Gasteiger partial charge in [-0.15, -0.1) is 0 Å². The highest BCUT2D eigenvalue weighted by atomic mass is 32.2. The van der Waals surface area contributed by atoms with Gasteiger partial charge < -0.3 is 4.90 Å². The van der Waals surface area contributed by atoms with Gasteiger partial charge in [0.25, 0.3) is 0 Å². The normalized spacial score (nSPS) is 23.7. The number of amides is 1. The molecule has 0 bridgehead atoms. The second kappa shape index (κ2) is 3.81. The summed E-state index contributed by atoms with van der Waals surface area (Å²) in [6, 6.07) is 0. The molecular weight excluding hydrogens is 158 g/mol. The van der Waals surface area contributed by atoms with Crippen LogP contribution < -0.4 is 0 Å². The number of carbonyl (C=O) groups is 1. The lowest BCUT2D eigenvalue weighted by atomic mass is 10.4. The van der Waals surface area contributed by atoms with E-state index in [-0.39, 0.29) is 5.91 Å². The Morgan fingerprint density at radius 1 is 1.82 bits per heavy atom. The minimum absolute atomic E-state index is 0.0709. The third-order valence-corrected chi connectivity index (χ3v) is 3.02. The second-order valence-corrected chi connectivity index (χ2v) is 3.77. The van der Waals surface area contributed by atoms with Crippen LogP contribution in [-0.2, 0) is 4.79 Å². The molecule has 1 heterocycles. The number of likely N-dealkylation sites (tertiary alicyclic amines) is 1. The molecule has 11 heavy (non-hydrogen) atoms. The lowest BCUT2D eigenvalue weighted by Gasteiger charge is -2.12. The summed E-state index contributed by atoms with van der Waals surface area (Å²) in [5.41, 5.74) is 0. The molecular formula is C8H13NOS. The fourth-order valence-electron chi connectivity index (χ4n) is 1.25. The summed E-state index contributed by atoms with van der Waals surface area (Å²) in [5, 5.41) is 0.638. The predicted octanol–water partition coefficient (Wildman–Crippen LogP) is 1.14. The minimum Gasteiger partial charge on any atom is -0.338 e. The molecule has 1 aliphatic rings. The van der Waals surface area contributed by atoms with Gasteiger partial charge in [-0.1, -0.05) is 6.58 Å². The van der Waals surface area contributed by atoms with Crippen molar-refractivity contribution >= 4 is 17.7 Å². The number of nitrogens with zero attached hydrogens (tertiary/aromatic N) is 1. The molecule has 1 atom stereocenters. The minimum atomic E-state index is 0.0709. The molecule has 1 unspecified atom stereocenters. The standard InChI is InChI=1S/C8H13NOS/c1-3-8(10)9-5-4-7(6-9)11-2/h3,7H,1,4-6H2,2H3. The highest BCUT2D eigenvalue weighted by Gasteiger charge is 2.23. The molecule has 3 heteroatoms. The molecule has 0 radical (unpaired) electrons. The van der Waals surface area contributed by atoms with Gasteiger partial charge in [0.05, 0.1) is 0 Å². The third-order valence-electron chi connectivity index (χ3n) is 1.96. The van der Waals surface area contributed by atoms with Crippen molar-refractivity contribution in [2.45, 2.75) is 11.7 Å². The quantitative estimate of drug-likeness (QED) is 0.581. The first kappa shape index (κ1) is 8.65. The van der Waals surface area contributed by atoms with Gasteiger partial charge in [0.15, 0.2) is 0 Å². The van der Waals surface area contributed by atoms with Crippen LogP contribution in [0.2, 0.25) is 0 Å². The largest absolute Gasteiger partial charge is 0.338 e. The van der Waals surface area contributed by atoms with Crippen molar-refractivity contribution in [3.05, 3.63) is 12.7 Å². The molecule has 0 saturated carbocycles. The summed E-state index contributed by atoms with van der Waals surface area (Å²) in [7, 11) is 0. The fraction of sp³-hybridized carbons (Fsp3) is 0.625. The van der Waals surface area contributed by atoms with Crippen molar-refractivity contribution in [1.29, 1.82) is 0 Å². The van der Waals surface area contributed by atoms with Gasteiger partial charge in [-0.2, -0.15) is 11.8 Å². The first-order valence-corrected chi connectivity index (χ1v) is 5.01. The Morgan fingerprint density at radius 2 is 2.55 bits per heavy atom. The number of hydrogen-bond acceptors (Lipinski definition) is 2. The number of carbonyl (C=O) groups excluding carboxylic acids is 1. The molecule has 0 N–H and O–H groups in total. The van der Waals surface area contributed by atoms with Gasteiger partial charge in [0, 0.05) is 18.3 Å². The van der Waals surface area contributed by atoms with E-state index in [2.05, 4.69) is 12.8 Å². The first-order valence-electron chi connectivity index (χ1n) is 3.72. The Kier molecular flexibility index (Phi) is 3.00. The van der Waals surface area contributed by atoms with Crippen LogP contribution >= 0.6 is 11.8 Å². The van der Waals surface area contributed by atoms with Crippen LogP contribution in [0.1, 0.15) is 6.42 Å². The molecule has 1 fully saturated rings. The van der Waals surface area contributed by atoms with Crippen LogP contribution in [0.3, 0.4) is 0 Å². The topological polar surface area (TPSA) is 20.3 Å². The Bertz CT molecular complexity index is 169. The van der Waals surface area contributed by atoms with E-state index in [1.165, 1.54) is 6.08 Å². The van der Waals surface area contributed by atoms with E-state index >= 15 is 0 Å². The second-order valence-electron chi connectivity index (χ2n) is 2.63. The number of rotatable bonds is 2. The van der Waals surface area contributed by atoms with E-state index in [1.807, 2.05) is 16.7 Å². The first-order chi connectivity index (χ1) is 5.27. The van der Waals surface area contributed by atoms with Gasteiger partial charge in [0.2, 0.25) is 5.91 Å². The summed E-state index contributed by atoms with van der Waals surface area (Å²) in [6.45, 7) is 5.25. The van der Waals surface area contributed by atoms with E-state index in [1.54, 1.807) is 0 Å². The van der Waals surface area contributed by atoms with Crippen LogP contribution in [0.5, 0.6) is 0 Å². The van der Waals surface area contributed by atoms with Crippen molar-refractivity contribution in [2.24, 2.45) is 0 Å². The molecule has 0 spiro atoms. The maximum absolute atomic E-state index is 11.1. The molecule has 0 aromatic heterocycles. The average Bonchev–Trinajstić information content (AvgIpc) is 2.50. The van der Waals surface area contributed by atoms with Crippen LogP contribution in [0.15, 0.2) is 12.7 Å². The maximum atomic E-state index is 11.1. The molecule has 0 aliphatic carbocycles. The summed E-state index contributed by atoms with van der Waals surface area (Å²) < 4.78 is 0. The van der Waals surface area contributed by atoms with Gasteiger partial charge in [0.1, 0.15) is 0 Å². The zero-order chi connectivity index (χ0) is 8.27. The SMILES string of the molecule is C=CC(=O)N1CCC(SC)C1. The molecule has 62 valence electrons. The summed E-state index contributed by atoms with van der Waals surface area (Å²) in [6.07, 6.45) is 4.61. The number of thioether (sulfide) groups is 1. The van der Waals surface area contributed by atoms with Gasteiger partial charge in [-0.25, -0.2) is 0 Å². The smallest absolute Gasteiger partial charge is 0.245 e. The summed E-state index contributed by atoms with van der Waals surface area (Å²) in [4.78, 5) is 12.9. The Labute approximate surface area is 71.6 Å². The molecule has 2 nitrogen and oxygen atoms in total. The zero-order valence-corrected chi connectivity index (χ0v) is 7.56. The van der Waals surface area contributed by atoms with Gasteiger partial charge in [-0.3, -0.25) is 4.79 Å². The van der Waals surface area contributed by atoms with E-state index in [0.29, 0.717) is 5.25 Å². The average molecular weight is 171 g/mol. The van der Waals surface area contributed by atoms with Crippen molar-refractivity contribution in [1.82, 2.24) is 4.90 Å².